The predicted molar refractivity (Wildman–Crippen MR) is 71.3 cm³/mol. The molecule has 1 aliphatic heterocycles. The van der Waals surface area contributed by atoms with Crippen LogP contribution in [-0.4, -0.2) is 5.60 Å². The van der Waals surface area contributed by atoms with Gasteiger partial charge in [0, 0.05) is 12.0 Å². The summed E-state index contributed by atoms with van der Waals surface area (Å²) in [7, 11) is 0. The maximum atomic E-state index is 6.44. The second-order valence-electron chi connectivity index (χ2n) is 5.32. The molecule has 2 aromatic rings. The molecule has 1 aliphatic rings. The fraction of sp³-hybridized carbons (Fsp3) is 0.333. The maximum absolute atomic E-state index is 6.44. The Morgan fingerprint density at radius 2 is 2.06 bits per heavy atom. The van der Waals surface area contributed by atoms with Gasteiger partial charge in [0.25, 0.3) is 0 Å². The molecule has 1 atom stereocenters. The van der Waals surface area contributed by atoms with E-state index in [1.807, 2.05) is 18.2 Å². The van der Waals surface area contributed by atoms with E-state index in [0.717, 1.165) is 23.3 Å². The van der Waals surface area contributed by atoms with Crippen molar-refractivity contribution in [2.24, 2.45) is 0 Å². The fourth-order valence-corrected chi connectivity index (χ4v) is 2.66. The standard InChI is InChI=1S/C15H15ClO2/c1-15(2)8-12-7-10(3-4-13(12)18-15)14(16)11-5-6-17-9-11/h3-7,9,14H,8H2,1-2H3. The van der Waals surface area contributed by atoms with E-state index in [-0.39, 0.29) is 11.0 Å². The summed E-state index contributed by atoms with van der Waals surface area (Å²) in [5.41, 5.74) is 3.18. The van der Waals surface area contributed by atoms with Crippen molar-refractivity contribution in [2.75, 3.05) is 0 Å². The number of ether oxygens (including phenoxy) is 1. The van der Waals surface area contributed by atoms with Gasteiger partial charge >= 0.3 is 0 Å². The molecule has 0 saturated carbocycles. The van der Waals surface area contributed by atoms with Gasteiger partial charge < -0.3 is 9.15 Å². The molecule has 0 radical (unpaired) electrons. The van der Waals surface area contributed by atoms with Gasteiger partial charge in [-0.25, -0.2) is 0 Å². The van der Waals surface area contributed by atoms with E-state index in [2.05, 4.69) is 19.9 Å². The Balaban J connectivity index is 1.93. The lowest BCUT2D eigenvalue weighted by Gasteiger charge is -2.16. The predicted octanol–water partition coefficient (Wildman–Crippen LogP) is 4.32. The highest BCUT2D eigenvalue weighted by molar-refractivity contribution is 6.22. The fourth-order valence-electron chi connectivity index (χ4n) is 2.40. The minimum atomic E-state index is -0.169. The lowest BCUT2D eigenvalue weighted by Crippen LogP contribution is -2.24. The van der Waals surface area contributed by atoms with Crippen LogP contribution in [0.15, 0.2) is 41.2 Å². The summed E-state index contributed by atoms with van der Waals surface area (Å²) in [5.74, 6) is 0.972. The summed E-state index contributed by atoms with van der Waals surface area (Å²) in [6.07, 6.45) is 4.25. The highest BCUT2D eigenvalue weighted by Gasteiger charge is 2.30. The van der Waals surface area contributed by atoms with Crippen LogP contribution < -0.4 is 4.74 Å². The number of furan rings is 1. The summed E-state index contributed by atoms with van der Waals surface area (Å²) < 4.78 is 10.9. The van der Waals surface area contributed by atoms with Gasteiger partial charge in [0.1, 0.15) is 11.4 Å². The Kier molecular flexibility index (Phi) is 2.63. The second kappa shape index (κ2) is 4.06. The van der Waals surface area contributed by atoms with Crippen molar-refractivity contribution in [1.29, 1.82) is 0 Å². The largest absolute Gasteiger partial charge is 0.487 e. The zero-order chi connectivity index (χ0) is 12.8. The second-order valence-corrected chi connectivity index (χ2v) is 5.76. The molecule has 1 aromatic carbocycles. The molecule has 3 rings (SSSR count). The van der Waals surface area contributed by atoms with Gasteiger partial charge in [-0.2, -0.15) is 0 Å². The van der Waals surface area contributed by atoms with E-state index in [4.69, 9.17) is 20.8 Å². The van der Waals surface area contributed by atoms with Crippen molar-refractivity contribution >= 4 is 11.6 Å². The van der Waals surface area contributed by atoms with Crippen molar-refractivity contribution in [3.63, 3.8) is 0 Å². The summed E-state index contributed by atoms with van der Waals surface area (Å²) in [6, 6.07) is 8.06. The van der Waals surface area contributed by atoms with Crippen LogP contribution in [0.1, 0.15) is 35.9 Å². The van der Waals surface area contributed by atoms with E-state index >= 15 is 0 Å². The van der Waals surface area contributed by atoms with Gasteiger partial charge in [-0.15, -0.1) is 11.6 Å². The first kappa shape index (κ1) is 11.7. The molecule has 2 heterocycles. The minimum Gasteiger partial charge on any atom is -0.487 e. The molecule has 1 unspecified atom stereocenters. The van der Waals surface area contributed by atoms with Gasteiger partial charge in [-0.3, -0.25) is 0 Å². The zero-order valence-electron chi connectivity index (χ0n) is 10.4. The number of alkyl halides is 1. The van der Waals surface area contributed by atoms with E-state index in [1.165, 1.54) is 5.56 Å². The molecule has 3 heteroatoms. The number of benzene rings is 1. The molecule has 0 fully saturated rings. The van der Waals surface area contributed by atoms with Gasteiger partial charge in [-0.1, -0.05) is 12.1 Å². The zero-order valence-corrected chi connectivity index (χ0v) is 11.2. The van der Waals surface area contributed by atoms with Crippen LogP contribution in [0, 0.1) is 0 Å². The first-order chi connectivity index (χ1) is 8.55. The number of fused-ring (bicyclic) bond motifs is 1. The summed E-state index contributed by atoms with van der Waals surface area (Å²) in [5, 5.41) is -0.169. The molecule has 0 amide bonds. The number of rotatable bonds is 2. The molecule has 0 bridgehead atoms. The van der Waals surface area contributed by atoms with Crippen molar-refractivity contribution in [3.8, 4) is 5.75 Å². The molecule has 2 nitrogen and oxygen atoms in total. The quantitative estimate of drug-likeness (QED) is 0.752. The van der Waals surface area contributed by atoms with E-state index in [9.17, 15) is 0 Å². The molecule has 1 aromatic heterocycles. The van der Waals surface area contributed by atoms with Crippen LogP contribution in [0.4, 0.5) is 0 Å². The van der Waals surface area contributed by atoms with Crippen molar-refractivity contribution in [2.45, 2.75) is 31.2 Å². The first-order valence-corrected chi connectivity index (χ1v) is 6.47. The average molecular weight is 263 g/mol. The van der Waals surface area contributed by atoms with E-state index in [0.29, 0.717) is 0 Å². The Bertz CT molecular complexity index is 558. The van der Waals surface area contributed by atoms with Crippen LogP contribution in [0.25, 0.3) is 0 Å². The molecular weight excluding hydrogens is 248 g/mol. The number of halogens is 1. The van der Waals surface area contributed by atoms with Gasteiger partial charge in [-0.05, 0) is 37.1 Å². The van der Waals surface area contributed by atoms with Crippen LogP contribution >= 0.6 is 11.6 Å². The number of hydrogen-bond acceptors (Lipinski definition) is 2. The molecular formula is C15H15ClO2. The third-order valence-corrected chi connectivity index (χ3v) is 3.72. The minimum absolute atomic E-state index is 0.113. The molecule has 0 saturated heterocycles. The Labute approximate surface area is 112 Å². The van der Waals surface area contributed by atoms with Crippen LogP contribution in [0.5, 0.6) is 5.75 Å². The van der Waals surface area contributed by atoms with Gasteiger partial charge in [0.2, 0.25) is 0 Å². The third kappa shape index (κ3) is 2.01. The maximum Gasteiger partial charge on any atom is 0.123 e. The monoisotopic (exact) mass is 262 g/mol. The topological polar surface area (TPSA) is 22.4 Å². The average Bonchev–Trinajstić information content (AvgIpc) is 2.91. The summed E-state index contributed by atoms with van der Waals surface area (Å²) in [4.78, 5) is 0. The summed E-state index contributed by atoms with van der Waals surface area (Å²) >= 11 is 6.44. The normalized spacial score (nSPS) is 18.2. The first-order valence-electron chi connectivity index (χ1n) is 6.03. The molecule has 94 valence electrons. The highest BCUT2D eigenvalue weighted by atomic mass is 35.5. The van der Waals surface area contributed by atoms with E-state index in [1.54, 1.807) is 12.5 Å². The van der Waals surface area contributed by atoms with Crippen molar-refractivity contribution in [1.82, 2.24) is 0 Å². The number of hydrogen-bond donors (Lipinski definition) is 0. The molecule has 0 spiro atoms. The van der Waals surface area contributed by atoms with Gasteiger partial charge in [0.05, 0.1) is 17.9 Å². The smallest absolute Gasteiger partial charge is 0.123 e. The SMILES string of the molecule is CC1(C)Cc2cc(C(Cl)c3ccoc3)ccc2O1. The van der Waals surface area contributed by atoms with E-state index < -0.39 is 0 Å². The Hall–Kier alpha value is -1.41. The highest BCUT2D eigenvalue weighted by Crippen LogP contribution is 2.38. The lowest BCUT2D eigenvalue weighted by atomic mass is 9.98. The summed E-state index contributed by atoms with van der Waals surface area (Å²) in [6.45, 7) is 4.20. The van der Waals surface area contributed by atoms with Crippen LogP contribution in [0.3, 0.4) is 0 Å². The van der Waals surface area contributed by atoms with Gasteiger partial charge in [0.15, 0.2) is 0 Å². The lowest BCUT2D eigenvalue weighted by molar-refractivity contribution is 0.138. The molecule has 0 N–H and O–H groups in total. The Morgan fingerprint density at radius 1 is 1.22 bits per heavy atom. The van der Waals surface area contributed by atoms with Crippen molar-refractivity contribution < 1.29 is 9.15 Å². The van der Waals surface area contributed by atoms with Crippen LogP contribution in [-0.2, 0) is 6.42 Å². The van der Waals surface area contributed by atoms with Crippen molar-refractivity contribution in [3.05, 3.63) is 53.5 Å². The van der Waals surface area contributed by atoms with Crippen LogP contribution in [0.2, 0.25) is 0 Å². The molecule has 0 aliphatic carbocycles. The molecule has 18 heavy (non-hydrogen) atoms. The third-order valence-electron chi connectivity index (χ3n) is 3.22. The Morgan fingerprint density at radius 3 is 2.78 bits per heavy atom.